The lowest BCUT2D eigenvalue weighted by atomic mass is 9.61. The number of carbonyl (C=O) groups is 4. The Morgan fingerprint density at radius 2 is 1.67 bits per heavy atom. The summed E-state index contributed by atoms with van der Waals surface area (Å²) in [6.07, 6.45) is 0.781. The third-order valence-electron chi connectivity index (χ3n) is 6.81. The molecule has 5 heteroatoms. The summed E-state index contributed by atoms with van der Waals surface area (Å²) >= 11 is 0. The summed E-state index contributed by atoms with van der Waals surface area (Å²) in [4.78, 5) is 50.5. The van der Waals surface area contributed by atoms with E-state index in [0.29, 0.717) is 12.8 Å². The lowest BCUT2D eigenvalue weighted by molar-refractivity contribution is -0.161. The van der Waals surface area contributed by atoms with Crippen LogP contribution in [0.15, 0.2) is 12.2 Å². The Bertz CT molecular complexity index is 677. The number of hydrogen-bond acceptors (Lipinski definition) is 5. The Morgan fingerprint density at radius 3 is 2.29 bits per heavy atom. The van der Waals surface area contributed by atoms with Crippen LogP contribution < -0.4 is 0 Å². The topological polar surface area (TPSA) is 77.5 Å². The first kappa shape index (κ1) is 15.7. The van der Waals surface area contributed by atoms with Gasteiger partial charge in [0.25, 0.3) is 0 Å². The van der Waals surface area contributed by atoms with Crippen molar-refractivity contribution in [3.8, 4) is 0 Å². The molecule has 0 aromatic rings. The Morgan fingerprint density at radius 1 is 1.00 bits per heavy atom. The van der Waals surface area contributed by atoms with Crippen LogP contribution in [-0.4, -0.2) is 29.4 Å². The summed E-state index contributed by atoms with van der Waals surface area (Å²) in [6, 6.07) is 0. The van der Waals surface area contributed by atoms with Gasteiger partial charge in [-0.1, -0.05) is 12.2 Å². The van der Waals surface area contributed by atoms with E-state index in [1.165, 1.54) is 6.92 Å². The van der Waals surface area contributed by atoms with E-state index >= 15 is 0 Å². The molecular formula is C19H22O5. The molecule has 5 aliphatic rings. The third kappa shape index (κ3) is 1.93. The Hall–Kier alpha value is -1.78. The van der Waals surface area contributed by atoms with Crippen LogP contribution >= 0.6 is 0 Å². The summed E-state index contributed by atoms with van der Waals surface area (Å²) in [5, 5.41) is 0. The molecule has 0 aromatic heterocycles. The average Bonchev–Trinajstić information content (AvgIpc) is 2.66. The minimum absolute atomic E-state index is 0.0184. The van der Waals surface area contributed by atoms with Crippen molar-refractivity contribution >= 4 is 23.3 Å². The molecule has 0 amide bonds. The van der Waals surface area contributed by atoms with Crippen molar-refractivity contribution in [1.82, 2.24) is 0 Å². The minimum atomic E-state index is -0.648. The molecule has 0 radical (unpaired) electrons. The zero-order valence-electron chi connectivity index (χ0n) is 14.0. The summed E-state index contributed by atoms with van der Waals surface area (Å²) in [5.74, 6) is -3.07. The van der Waals surface area contributed by atoms with E-state index in [9.17, 15) is 19.2 Å². The van der Waals surface area contributed by atoms with Gasteiger partial charge in [-0.2, -0.15) is 0 Å². The van der Waals surface area contributed by atoms with Gasteiger partial charge < -0.3 is 4.74 Å². The van der Waals surface area contributed by atoms with E-state index in [2.05, 4.69) is 6.58 Å². The second-order valence-corrected chi connectivity index (χ2v) is 8.06. The molecule has 5 rings (SSSR count). The smallest absolute Gasteiger partial charge is 0.309 e. The van der Waals surface area contributed by atoms with Crippen LogP contribution in [0.25, 0.3) is 0 Å². The first-order valence-corrected chi connectivity index (χ1v) is 8.73. The fourth-order valence-electron chi connectivity index (χ4n) is 5.82. The summed E-state index contributed by atoms with van der Waals surface area (Å²) < 4.78 is 5.56. The van der Waals surface area contributed by atoms with Crippen molar-refractivity contribution in [3.63, 3.8) is 0 Å². The number of hydrogen-bond donors (Lipinski definition) is 0. The quantitative estimate of drug-likeness (QED) is 0.569. The van der Waals surface area contributed by atoms with Crippen LogP contribution in [0.5, 0.6) is 0 Å². The summed E-state index contributed by atoms with van der Waals surface area (Å²) in [5.41, 5.74) is 0.941. The molecule has 5 fully saturated rings. The predicted octanol–water partition coefficient (Wildman–Crippen LogP) is 1.74. The number of rotatable bonds is 2. The monoisotopic (exact) mass is 330 g/mol. The van der Waals surface area contributed by atoms with E-state index < -0.39 is 29.8 Å². The molecule has 0 N–H and O–H groups in total. The largest absolute Gasteiger partial charge is 0.461 e. The number of Topliss-reactive ketones (excluding diaryl/α,β-unsaturated/α-hetero) is 3. The van der Waals surface area contributed by atoms with Crippen molar-refractivity contribution in [1.29, 1.82) is 0 Å². The van der Waals surface area contributed by atoms with Gasteiger partial charge in [-0.15, -0.1) is 0 Å². The van der Waals surface area contributed by atoms with Crippen LogP contribution in [0.2, 0.25) is 0 Å². The van der Waals surface area contributed by atoms with E-state index in [4.69, 9.17) is 4.74 Å². The highest BCUT2D eigenvalue weighted by atomic mass is 16.6. The molecule has 0 spiro atoms. The molecule has 5 nitrogen and oxygen atoms in total. The molecule has 4 saturated carbocycles. The standard InChI is InChI=1S/C19H22O5/c1-7(2)9-4-10-15-11-6-13(22)17(16(10)12(21)5-9)14(8(3)20)18(11)24-19(15)23/h9-11,14-18H,1,4-6H2,2-3H3/t9-,10+,11+,14-,15-,16+,17+,18-/m0/s1. The molecule has 0 unspecified atom stereocenters. The van der Waals surface area contributed by atoms with Crippen LogP contribution in [0.1, 0.15) is 33.1 Å². The van der Waals surface area contributed by atoms with Crippen molar-refractivity contribution in [2.45, 2.75) is 39.2 Å². The van der Waals surface area contributed by atoms with Gasteiger partial charge in [0.2, 0.25) is 0 Å². The Labute approximate surface area is 140 Å². The van der Waals surface area contributed by atoms with Crippen molar-refractivity contribution < 1.29 is 23.9 Å². The SMILES string of the molecule is C=C(C)[C@@H]1CC(=O)[C@H]2[C@H](C1)[C@@H]1C(=O)O[C@H]3[C@@H]1CC(=O)[C@@H]2[C@@H]3C(C)=O. The molecular weight excluding hydrogens is 308 g/mol. The van der Waals surface area contributed by atoms with Crippen molar-refractivity contribution in [2.24, 2.45) is 41.4 Å². The third-order valence-corrected chi connectivity index (χ3v) is 6.81. The van der Waals surface area contributed by atoms with Crippen LogP contribution in [0.4, 0.5) is 0 Å². The second kappa shape index (κ2) is 5.11. The number of carbonyl (C=O) groups excluding carboxylic acids is 4. The number of ether oxygens (including phenoxy) is 1. The van der Waals surface area contributed by atoms with Crippen LogP contribution in [-0.2, 0) is 23.9 Å². The zero-order valence-corrected chi connectivity index (χ0v) is 14.0. The highest BCUT2D eigenvalue weighted by Gasteiger charge is 2.67. The van der Waals surface area contributed by atoms with E-state index in [0.717, 1.165) is 5.57 Å². The highest BCUT2D eigenvalue weighted by Crippen LogP contribution is 2.58. The molecule has 4 bridgehead atoms. The first-order chi connectivity index (χ1) is 11.3. The number of ketones is 3. The molecule has 4 aliphatic carbocycles. The van der Waals surface area contributed by atoms with Crippen molar-refractivity contribution in [3.05, 3.63) is 12.2 Å². The Balaban J connectivity index is 1.85. The van der Waals surface area contributed by atoms with E-state index in [1.807, 2.05) is 6.92 Å². The first-order valence-electron chi connectivity index (χ1n) is 8.73. The van der Waals surface area contributed by atoms with Crippen molar-refractivity contribution in [2.75, 3.05) is 0 Å². The second-order valence-electron chi connectivity index (χ2n) is 8.06. The number of fused-ring (bicyclic) bond motifs is 1. The lowest BCUT2D eigenvalue weighted by Gasteiger charge is -2.41. The van der Waals surface area contributed by atoms with Gasteiger partial charge in [-0.3, -0.25) is 19.2 Å². The fourth-order valence-corrected chi connectivity index (χ4v) is 5.82. The maximum Gasteiger partial charge on any atom is 0.309 e. The molecule has 8 atom stereocenters. The number of esters is 1. The molecule has 128 valence electrons. The van der Waals surface area contributed by atoms with E-state index in [1.54, 1.807) is 0 Å². The zero-order chi connectivity index (χ0) is 17.3. The van der Waals surface area contributed by atoms with Gasteiger partial charge in [-0.25, -0.2) is 0 Å². The van der Waals surface area contributed by atoms with Gasteiger partial charge in [0, 0.05) is 30.6 Å². The van der Waals surface area contributed by atoms with Gasteiger partial charge in [0.05, 0.1) is 11.8 Å². The minimum Gasteiger partial charge on any atom is -0.461 e. The van der Waals surface area contributed by atoms with E-state index in [-0.39, 0.29) is 47.5 Å². The average molecular weight is 330 g/mol. The molecule has 1 aliphatic heterocycles. The lowest BCUT2D eigenvalue weighted by Crippen LogP contribution is -2.50. The normalized spacial score (nSPS) is 46.3. The highest BCUT2D eigenvalue weighted by molar-refractivity contribution is 5.98. The maximum atomic E-state index is 12.9. The molecule has 0 aromatic carbocycles. The molecule has 24 heavy (non-hydrogen) atoms. The number of allylic oxidation sites excluding steroid dienone is 1. The van der Waals surface area contributed by atoms with Crippen LogP contribution in [0.3, 0.4) is 0 Å². The van der Waals surface area contributed by atoms with Gasteiger partial charge in [-0.05, 0) is 32.1 Å². The van der Waals surface area contributed by atoms with Gasteiger partial charge in [0.15, 0.2) is 0 Å². The van der Waals surface area contributed by atoms with Gasteiger partial charge in [0.1, 0.15) is 23.5 Å². The van der Waals surface area contributed by atoms with Gasteiger partial charge >= 0.3 is 5.97 Å². The summed E-state index contributed by atoms with van der Waals surface area (Å²) in [7, 11) is 0. The summed E-state index contributed by atoms with van der Waals surface area (Å²) in [6.45, 7) is 7.33. The Kier molecular flexibility index (Phi) is 3.35. The molecule has 1 heterocycles. The molecule has 1 saturated heterocycles. The maximum absolute atomic E-state index is 12.9. The predicted molar refractivity (Wildman–Crippen MR) is 83.7 cm³/mol. The van der Waals surface area contributed by atoms with Crippen LogP contribution in [0, 0.1) is 41.4 Å². The fraction of sp³-hybridized carbons (Fsp3) is 0.684.